The zero-order chi connectivity index (χ0) is 19.2. The van der Waals surface area contributed by atoms with Gasteiger partial charge in [-0.3, -0.25) is 5.10 Å². The highest BCUT2D eigenvalue weighted by Crippen LogP contribution is 2.32. The summed E-state index contributed by atoms with van der Waals surface area (Å²) in [6, 6.07) is 12.1. The molecule has 0 aliphatic rings. The summed E-state index contributed by atoms with van der Waals surface area (Å²) in [4.78, 5) is 21.2. The van der Waals surface area contributed by atoms with Crippen LogP contribution in [0, 0.1) is 0 Å². The number of pyridine rings is 1. The third-order valence-corrected chi connectivity index (χ3v) is 5.52. The zero-order valence-corrected chi connectivity index (χ0v) is 15.8. The molecule has 5 aromatic heterocycles. The first-order valence-electron chi connectivity index (χ1n) is 8.99. The lowest BCUT2D eigenvalue weighted by Gasteiger charge is -2.00. The van der Waals surface area contributed by atoms with Gasteiger partial charge < -0.3 is 4.98 Å². The number of nitrogens with zero attached hydrogens (tertiary/aromatic N) is 5. The fourth-order valence-electron chi connectivity index (χ4n) is 3.45. The molecule has 138 valence electrons. The lowest BCUT2D eigenvalue weighted by Crippen LogP contribution is -1.88. The van der Waals surface area contributed by atoms with E-state index >= 15 is 0 Å². The van der Waals surface area contributed by atoms with Crippen molar-refractivity contribution in [3.05, 3.63) is 65.9 Å². The molecule has 6 aromatic rings. The van der Waals surface area contributed by atoms with Crippen LogP contribution in [0.25, 0.3) is 56.0 Å². The van der Waals surface area contributed by atoms with Crippen molar-refractivity contribution in [2.45, 2.75) is 0 Å². The van der Waals surface area contributed by atoms with Gasteiger partial charge >= 0.3 is 0 Å². The first-order valence-corrected chi connectivity index (χ1v) is 9.93. The maximum atomic E-state index is 4.87. The molecule has 0 spiro atoms. The lowest BCUT2D eigenvalue weighted by molar-refractivity contribution is 1.10. The van der Waals surface area contributed by atoms with E-state index in [-0.39, 0.29) is 0 Å². The summed E-state index contributed by atoms with van der Waals surface area (Å²) < 4.78 is 0. The number of fused-ring (bicyclic) bond motifs is 2. The van der Waals surface area contributed by atoms with Crippen LogP contribution in [0.3, 0.4) is 0 Å². The molecule has 0 saturated heterocycles. The summed E-state index contributed by atoms with van der Waals surface area (Å²) in [5, 5.41) is 11.7. The topological polar surface area (TPSA) is 96.0 Å². The normalized spacial score (nSPS) is 11.4. The van der Waals surface area contributed by atoms with Crippen LogP contribution in [0.2, 0.25) is 0 Å². The van der Waals surface area contributed by atoms with Crippen LogP contribution >= 0.6 is 11.3 Å². The minimum absolute atomic E-state index is 0.683. The molecule has 0 fully saturated rings. The molecule has 0 bridgehead atoms. The van der Waals surface area contributed by atoms with Crippen LogP contribution in [0.15, 0.2) is 65.9 Å². The summed E-state index contributed by atoms with van der Waals surface area (Å²) in [6.07, 6.45) is 5.00. The number of hydrogen-bond donors (Lipinski definition) is 2. The number of H-pyrrole nitrogens is 2. The monoisotopic (exact) mass is 395 g/mol. The number of rotatable bonds is 3. The Hall–Kier alpha value is -3.91. The molecule has 29 heavy (non-hydrogen) atoms. The van der Waals surface area contributed by atoms with Gasteiger partial charge in [-0.1, -0.05) is 12.1 Å². The predicted octanol–water partition coefficient (Wildman–Crippen LogP) is 4.69. The Morgan fingerprint density at radius 3 is 2.62 bits per heavy atom. The minimum Gasteiger partial charge on any atom is -0.336 e. The predicted molar refractivity (Wildman–Crippen MR) is 113 cm³/mol. The number of thiophene rings is 1. The van der Waals surface area contributed by atoms with E-state index in [1.807, 2.05) is 24.3 Å². The highest BCUT2D eigenvalue weighted by Gasteiger charge is 2.16. The third kappa shape index (κ3) is 2.61. The summed E-state index contributed by atoms with van der Waals surface area (Å²) in [7, 11) is 0. The van der Waals surface area contributed by atoms with E-state index in [4.69, 9.17) is 9.97 Å². The smallest absolute Gasteiger partial charge is 0.161 e. The molecule has 0 atom stereocenters. The van der Waals surface area contributed by atoms with E-state index in [0.717, 1.165) is 44.5 Å². The van der Waals surface area contributed by atoms with Crippen molar-refractivity contribution in [3.8, 4) is 33.9 Å². The Balaban J connectivity index is 1.53. The molecule has 5 heterocycles. The van der Waals surface area contributed by atoms with E-state index in [1.54, 1.807) is 23.7 Å². The highest BCUT2D eigenvalue weighted by molar-refractivity contribution is 7.08. The Kier molecular flexibility index (Phi) is 3.50. The lowest BCUT2D eigenvalue weighted by atomic mass is 10.1. The van der Waals surface area contributed by atoms with E-state index in [1.165, 1.54) is 6.33 Å². The first kappa shape index (κ1) is 16.1. The van der Waals surface area contributed by atoms with Crippen LogP contribution < -0.4 is 0 Å². The molecular formula is C21H13N7S. The number of aromatic amines is 2. The molecule has 8 heteroatoms. The van der Waals surface area contributed by atoms with Crippen molar-refractivity contribution in [2.75, 3.05) is 0 Å². The summed E-state index contributed by atoms with van der Waals surface area (Å²) >= 11 is 1.67. The largest absolute Gasteiger partial charge is 0.336 e. The van der Waals surface area contributed by atoms with E-state index < -0.39 is 0 Å². The number of aromatic nitrogens is 7. The Labute approximate surface area is 168 Å². The van der Waals surface area contributed by atoms with Crippen molar-refractivity contribution in [2.24, 2.45) is 0 Å². The molecule has 0 aliphatic carbocycles. The van der Waals surface area contributed by atoms with Crippen LogP contribution in [-0.4, -0.2) is 35.1 Å². The number of para-hydroxylation sites is 1. The molecule has 0 amide bonds. The van der Waals surface area contributed by atoms with Crippen LogP contribution in [0.1, 0.15) is 0 Å². The van der Waals surface area contributed by atoms with Gasteiger partial charge in [0.1, 0.15) is 11.8 Å². The van der Waals surface area contributed by atoms with Gasteiger partial charge in [0.25, 0.3) is 0 Å². The van der Waals surface area contributed by atoms with Crippen LogP contribution in [-0.2, 0) is 0 Å². The van der Waals surface area contributed by atoms with Gasteiger partial charge in [-0.25, -0.2) is 19.9 Å². The van der Waals surface area contributed by atoms with Gasteiger partial charge in [-0.05, 0) is 40.6 Å². The van der Waals surface area contributed by atoms with Gasteiger partial charge in [-0.15, -0.1) is 0 Å². The van der Waals surface area contributed by atoms with Gasteiger partial charge in [-0.2, -0.15) is 16.4 Å². The fourth-order valence-corrected chi connectivity index (χ4v) is 4.11. The minimum atomic E-state index is 0.683. The third-order valence-electron chi connectivity index (χ3n) is 4.83. The molecule has 0 aliphatic heterocycles. The van der Waals surface area contributed by atoms with E-state index in [9.17, 15) is 0 Å². The second-order valence-electron chi connectivity index (χ2n) is 6.59. The maximum absolute atomic E-state index is 4.87. The average Bonchev–Trinajstić information content (AvgIpc) is 3.52. The summed E-state index contributed by atoms with van der Waals surface area (Å²) in [5.41, 5.74) is 8.07. The number of hydrogen-bond acceptors (Lipinski definition) is 6. The van der Waals surface area contributed by atoms with Crippen molar-refractivity contribution >= 4 is 33.4 Å². The molecule has 6 rings (SSSR count). The molecular weight excluding hydrogens is 382 g/mol. The maximum Gasteiger partial charge on any atom is 0.161 e. The quantitative estimate of drug-likeness (QED) is 0.453. The van der Waals surface area contributed by atoms with Gasteiger partial charge in [0.2, 0.25) is 0 Å². The van der Waals surface area contributed by atoms with Gasteiger partial charge in [0.05, 0.1) is 22.2 Å². The van der Waals surface area contributed by atoms with Gasteiger partial charge in [0, 0.05) is 23.5 Å². The summed E-state index contributed by atoms with van der Waals surface area (Å²) in [6.45, 7) is 0. The Morgan fingerprint density at radius 1 is 0.828 bits per heavy atom. The number of benzene rings is 1. The molecule has 0 saturated carbocycles. The van der Waals surface area contributed by atoms with Crippen LogP contribution in [0.4, 0.5) is 0 Å². The van der Waals surface area contributed by atoms with Crippen LogP contribution in [0.5, 0.6) is 0 Å². The Bertz CT molecular complexity index is 1450. The molecule has 0 unspecified atom stereocenters. The second-order valence-corrected chi connectivity index (χ2v) is 7.37. The molecule has 7 nitrogen and oxygen atoms in total. The molecule has 1 aromatic carbocycles. The SMILES string of the molecule is c1cc(-c2ccsc2)c2nc(-c3n[nH]c4ccc(-c5cncnc5)nc34)[nH]c2c1. The van der Waals surface area contributed by atoms with Crippen molar-refractivity contribution in [3.63, 3.8) is 0 Å². The molecule has 0 radical (unpaired) electrons. The Morgan fingerprint density at radius 2 is 1.76 bits per heavy atom. The standard InChI is InChI=1S/C21H13N7S/c1-2-14(12-6-7-29-10-12)18-16(3-1)25-21(26-18)20-19-17(27-28-20)5-4-15(24-19)13-8-22-11-23-9-13/h1-11H,(H,25,26)(H,27,28). The van der Waals surface area contributed by atoms with E-state index in [2.05, 4.69) is 48.0 Å². The van der Waals surface area contributed by atoms with Crippen molar-refractivity contribution < 1.29 is 0 Å². The van der Waals surface area contributed by atoms with Crippen molar-refractivity contribution in [1.82, 2.24) is 35.1 Å². The van der Waals surface area contributed by atoms with Crippen molar-refractivity contribution in [1.29, 1.82) is 0 Å². The van der Waals surface area contributed by atoms with E-state index in [0.29, 0.717) is 11.5 Å². The second kappa shape index (κ2) is 6.32. The fraction of sp³-hybridized carbons (Fsp3) is 0. The highest BCUT2D eigenvalue weighted by atomic mass is 32.1. The average molecular weight is 395 g/mol. The molecule has 2 N–H and O–H groups in total. The zero-order valence-electron chi connectivity index (χ0n) is 15.0. The first-order chi connectivity index (χ1) is 14.4. The summed E-state index contributed by atoms with van der Waals surface area (Å²) in [5.74, 6) is 0.683. The number of nitrogens with one attached hydrogen (secondary N) is 2. The van der Waals surface area contributed by atoms with Gasteiger partial charge in [0.15, 0.2) is 11.5 Å². The number of imidazole rings is 1.